The van der Waals surface area contributed by atoms with Gasteiger partial charge in [0.25, 0.3) is 0 Å². The van der Waals surface area contributed by atoms with Crippen LogP contribution in [-0.2, 0) is 16.1 Å². The molecule has 2 aromatic rings. The molecule has 0 spiro atoms. The van der Waals surface area contributed by atoms with Gasteiger partial charge < -0.3 is 9.30 Å². The van der Waals surface area contributed by atoms with E-state index in [4.69, 9.17) is 4.74 Å². The van der Waals surface area contributed by atoms with Gasteiger partial charge in [-0.15, -0.1) is 0 Å². The molecule has 0 bridgehead atoms. The topological polar surface area (TPSA) is 31.2 Å². The van der Waals surface area contributed by atoms with E-state index in [1.165, 1.54) is 0 Å². The van der Waals surface area contributed by atoms with Crippen molar-refractivity contribution < 1.29 is 9.53 Å². The van der Waals surface area contributed by atoms with Crippen LogP contribution < -0.4 is 0 Å². The van der Waals surface area contributed by atoms with E-state index in [1.54, 1.807) is 0 Å². The Morgan fingerprint density at radius 1 is 1.41 bits per heavy atom. The minimum absolute atomic E-state index is 0.0709. The van der Waals surface area contributed by atoms with Gasteiger partial charge in [0.1, 0.15) is 6.54 Å². The summed E-state index contributed by atoms with van der Waals surface area (Å²) in [5.74, 6) is -0.208. The fourth-order valence-corrected chi connectivity index (χ4v) is 2.13. The van der Waals surface area contributed by atoms with Crippen molar-refractivity contribution in [1.29, 1.82) is 0 Å². The summed E-state index contributed by atoms with van der Waals surface area (Å²) >= 11 is 3.42. The van der Waals surface area contributed by atoms with Crippen LogP contribution in [-0.4, -0.2) is 16.6 Å². The van der Waals surface area contributed by atoms with Gasteiger partial charge in [-0.25, -0.2) is 0 Å². The molecular formula is C13H14BrNO2. The molecule has 0 unspecified atom stereocenters. The molecular weight excluding hydrogens is 282 g/mol. The predicted molar refractivity (Wildman–Crippen MR) is 70.9 cm³/mol. The lowest BCUT2D eigenvalue weighted by Crippen LogP contribution is -2.16. The largest absolute Gasteiger partial charge is 0.462 e. The number of aromatic nitrogens is 1. The maximum atomic E-state index is 11.6. The van der Waals surface area contributed by atoms with Crippen LogP contribution >= 0.6 is 15.9 Å². The first-order valence-electron chi connectivity index (χ1n) is 5.50. The fourth-order valence-electron chi connectivity index (χ4n) is 1.75. The SMILES string of the molecule is CC(C)OC(=O)Cn1ccc2cc(Br)ccc21. The van der Waals surface area contributed by atoms with E-state index in [0.717, 1.165) is 15.4 Å². The molecule has 0 aliphatic heterocycles. The van der Waals surface area contributed by atoms with Crippen LogP contribution in [0, 0.1) is 0 Å². The maximum Gasteiger partial charge on any atom is 0.326 e. The first kappa shape index (κ1) is 12.2. The number of nitrogens with zero attached hydrogens (tertiary/aromatic N) is 1. The van der Waals surface area contributed by atoms with Crippen molar-refractivity contribution in [3.63, 3.8) is 0 Å². The Balaban J connectivity index is 2.22. The molecule has 1 aromatic carbocycles. The number of hydrogen-bond donors (Lipinski definition) is 0. The maximum absolute atomic E-state index is 11.6. The fraction of sp³-hybridized carbons (Fsp3) is 0.308. The van der Waals surface area contributed by atoms with Crippen molar-refractivity contribution in [2.45, 2.75) is 26.5 Å². The summed E-state index contributed by atoms with van der Waals surface area (Å²) in [7, 11) is 0. The molecule has 0 saturated heterocycles. The molecule has 1 heterocycles. The zero-order chi connectivity index (χ0) is 12.4. The molecule has 4 heteroatoms. The summed E-state index contributed by atoms with van der Waals surface area (Å²) < 4.78 is 8.06. The monoisotopic (exact) mass is 295 g/mol. The number of rotatable bonds is 3. The number of fused-ring (bicyclic) bond motifs is 1. The van der Waals surface area contributed by atoms with Gasteiger partial charge in [0.15, 0.2) is 0 Å². The number of halogens is 1. The highest BCUT2D eigenvalue weighted by molar-refractivity contribution is 9.10. The molecule has 90 valence electrons. The van der Waals surface area contributed by atoms with Gasteiger partial charge in [0.2, 0.25) is 0 Å². The Morgan fingerprint density at radius 2 is 2.18 bits per heavy atom. The van der Waals surface area contributed by atoms with Crippen LogP contribution in [0.15, 0.2) is 34.9 Å². The number of benzene rings is 1. The Morgan fingerprint density at radius 3 is 2.88 bits per heavy atom. The third kappa shape index (κ3) is 2.88. The third-order valence-corrected chi connectivity index (χ3v) is 2.89. The Hall–Kier alpha value is -1.29. The Labute approximate surface area is 108 Å². The second-order valence-corrected chi connectivity index (χ2v) is 5.10. The molecule has 3 nitrogen and oxygen atoms in total. The van der Waals surface area contributed by atoms with Crippen LogP contribution in [0.2, 0.25) is 0 Å². The summed E-state index contributed by atoms with van der Waals surface area (Å²) in [5.41, 5.74) is 1.04. The molecule has 0 aliphatic carbocycles. The number of esters is 1. The highest BCUT2D eigenvalue weighted by atomic mass is 79.9. The van der Waals surface area contributed by atoms with Gasteiger partial charge in [-0.05, 0) is 38.1 Å². The molecule has 0 N–H and O–H groups in total. The zero-order valence-electron chi connectivity index (χ0n) is 9.81. The number of carbonyl (C=O) groups is 1. The lowest BCUT2D eigenvalue weighted by atomic mass is 10.2. The number of carbonyl (C=O) groups excluding carboxylic acids is 1. The van der Waals surface area contributed by atoms with Crippen molar-refractivity contribution in [3.05, 3.63) is 34.9 Å². The molecule has 0 amide bonds. The quantitative estimate of drug-likeness (QED) is 0.813. The van der Waals surface area contributed by atoms with Gasteiger partial charge in [-0.3, -0.25) is 4.79 Å². The van der Waals surface area contributed by atoms with Crippen LogP contribution in [0.25, 0.3) is 10.9 Å². The van der Waals surface area contributed by atoms with E-state index >= 15 is 0 Å². The van der Waals surface area contributed by atoms with Crippen molar-refractivity contribution in [3.8, 4) is 0 Å². The molecule has 2 rings (SSSR count). The van der Waals surface area contributed by atoms with E-state index in [0.29, 0.717) is 0 Å². The van der Waals surface area contributed by atoms with Crippen LogP contribution in [0.5, 0.6) is 0 Å². The predicted octanol–water partition coefficient (Wildman–Crippen LogP) is 3.36. The van der Waals surface area contributed by atoms with Gasteiger partial charge >= 0.3 is 5.97 Å². The molecule has 0 saturated carbocycles. The smallest absolute Gasteiger partial charge is 0.326 e. The van der Waals surface area contributed by atoms with Crippen LogP contribution in [0.1, 0.15) is 13.8 Å². The van der Waals surface area contributed by atoms with Crippen LogP contribution in [0.3, 0.4) is 0 Å². The normalized spacial score (nSPS) is 11.1. The standard InChI is InChI=1S/C13H14BrNO2/c1-9(2)17-13(16)8-15-6-5-10-7-11(14)3-4-12(10)15/h3-7,9H,8H2,1-2H3. The summed E-state index contributed by atoms with van der Waals surface area (Å²) in [6, 6.07) is 7.97. The molecule has 0 radical (unpaired) electrons. The van der Waals surface area contributed by atoms with Crippen molar-refractivity contribution in [2.24, 2.45) is 0 Å². The minimum atomic E-state index is -0.208. The third-order valence-electron chi connectivity index (χ3n) is 2.40. The lowest BCUT2D eigenvalue weighted by molar-refractivity contribution is -0.148. The van der Waals surface area contributed by atoms with Crippen molar-refractivity contribution in [1.82, 2.24) is 4.57 Å². The Bertz CT molecular complexity index is 545. The van der Waals surface area contributed by atoms with Crippen molar-refractivity contribution >= 4 is 32.8 Å². The Kier molecular flexibility index (Phi) is 3.52. The van der Waals surface area contributed by atoms with E-state index in [9.17, 15) is 4.79 Å². The summed E-state index contributed by atoms with van der Waals surface area (Å²) in [6.07, 6.45) is 1.83. The number of hydrogen-bond acceptors (Lipinski definition) is 2. The summed E-state index contributed by atoms with van der Waals surface area (Å²) in [4.78, 5) is 11.6. The van der Waals surface area contributed by atoms with Gasteiger partial charge in [0, 0.05) is 21.6 Å². The average molecular weight is 296 g/mol. The van der Waals surface area contributed by atoms with Gasteiger partial charge in [-0.2, -0.15) is 0 Å². The van der Waals surface area contributed by atoms with Crippen LogP contribution in [0.4, 0.5) is 0 Å². The van der Waals surface area contributed by atoms with E-state index in [2.05, 4.69) is 15.9 Å². The molecule has 1 aromatic heterocycles. The minimum Gasteiger partial charge on any atom is -0.462 e. The molecule has 17 heavy (non-hydrogen) atoms. The first-order chi connectivity index (χ1) is 8.06. The van der Waals surface area contributed by atoms with E-state index in [1.807, 2.05) is 48.9 Å². The van der Waals surface area contributed by atoms with Gasteiger partial charge in [0.05, 0.1) is 6.10 Å². The second kappa shape index (κ2) is 4.92. The van der Waals surface area contributed by atoms with Gasteiger partial charge in [-0.1, -0.05) is 15.9 Å². The molecule has 0 fully saturated rings. The van der Waals surface area contributed by atoms with Crippen molar-refractivity contribution in [2.75, 3.05) is 0 Å². The summed E-state index contributed by atoms with van der Waals surface area (Å²) in [6.45, 7) is 3.95. The highest BCUT2D eigenvalue weighted by Crippen LogP contribution is 2.20. The second-order valence-electron chi connectivity index (χ2n) is 4.19. The summed E-state index contributed by atoms with van der Waals surface area (Å²) in [5, 5.41) is 1.11. The van der Waals surface area contributed by atoms with E-state index < -0.39 is 0 Å². The molecule has 0 aliphatic rings. The van der Waals surface area contributed by atoms with E-state index in [-0.39, 0.29) is 18.6 Å². The number of ether oxygens (including phenoxy) is 1. The lowest BCUT2D eigenvalue weighted by Gasteiger charge is -2.09. The molecule has 0 atom stereocenters. The first-order valence-corrected chi connectivity index (χ1v) is 6.29. The highest BCUT2D eigenvalue weighted by Gasteiger charge is 2.08. The average Bonchev–Trinajstić information content (AvgIpc) is 2.59. The zero-order valence-corrected chi connectivity index (χ0v) is 11.4.